The molecule has 5 rings (SSSR count). The summed E-state index contributed by atoms with van der Waals surface area (Å²) in [4.78, 5) is 19.3. The normalized spacial score (nSPS) is 16.3. The molecule has 1 amide bonds. The third-order valence-electron chi connectivity index (χ3n) is 5.88. The number of aromatic nitrogens is 1. The lowest BCUT2D eigenvalue weighted by Crippen LogP contribution is -2.30. The molecule has 1 saturated heterocycles. The van der Waals surface area contributed by atoms with Crippen molar-refractivity contribution in [3.63, 3.8) is 0 Å². The summed E-state index contributed by atoms with van der Waals surface area (Å²) in [5, 5.41) is 5.39. The zero-order valence-electron chi connectivity index (χ0n) is 17.5. The molecule has 0 atom stereocenters. The predicted octanol–water partition coefficient (Wildman–Crippen LogP) is 3.60. The van der Waals surface area contributed by atoms with Gasteiger partial charge in [-0.1, -0.05) is 24.3 Å². The van der Waals surface area contributed by atoms with Crippen molar-refractivity contribution < 1.29 is 13.2 Å². The largest absolute Gasteiger partial charge is 0.301 e. The lowest BCUT2D eigenvalue weighted by Gasteiger charge is -2.19. The van der Waals surface area contributed by atoms with Crippen LogP contribution in [0.3, 0.4) is 0 Å². The van der Waals surface area contributed by atoms with Crippen molar-refractivity contribution in [1.82, 2.24) is 9.88 Å². The monoisotopic (exact) mass is 468 g/mol. The molecule has 0 radical (unpaired) electrons. The van der Waals surface area contributed by atoms with Crippen molar-refractivity contribution in [2.75, 3.05) is 35.8 Å². The van der Waals surface area contributed by atoms with E-state index in [1.54, 1.807) is 30.3 Å². The molecule has 7 nitrogen and oxygen atoms in total. The first-order chi connectivity index (χ1) is 15.5. The molecule has 1 N–H and O–H groups in total. The average molecular weight is 469 g/mol. The highest BCUT2D eigenvalue weighted by Crippen LogP contribution is 2.36. The summed E-state index contributed by atoms with van der Waals surface area (Å²) in [6.45, 7) is 2.77. The minimum atomic E-state index is -3.58. The van der Waals surface area contributed by atoms with Crippen LogP contribution in [0.1, 0.15) is 18.4 Å². The van der Waals surface area contributed by atoms with Crippen LogP contribution in [0.25, 0.3) is 11.3 Å². The van der Waals surface area contributed by atoms with Gasteiger partial charge in [-0.25, -0.2) is 13.4 Å². The number of nitrogens with one attached hydrogen (secondary N) is 1. The predicted molar refractivity (Wildman–Crippen MR) is 127 cm³/mol. The highest BCUT2D eigenvalue weighted by atomic mass is 32.2. The molecule has 0 saturated carbocycles. The Morgan fingerprint density at radius 1 is 1.06 bits per heavy atom. The number of hydrogen-bond acceptors (Lipinski definition) is 6. The van der Waals surface area contributed by atoms with Crippen molar-refractivity contribution >= 4 is 38.1 Å². The van der Waals surface area contributed by atoms with Gasteiger partial charge in [0.25, 0.3) is 10.0 Å². The summed E-state index contributed by atoms with van der Waals surface area (Å²) in [6.07, 6.45) is 2.95. The maximum Gasteiger partial charge on any atom is 0.264 e. The molecular weight excluding hydrogens is 444 g/mol. The molecule has 0 spiro atoms. The van der Waals surface area contributed by atoms with Crippen molar-refractivity contribution in [3.05, 3.63) is 59.5 Å². The van der Waals surface area contributed by atoms with Crippen LogP contribution in [0, 0.1) is 0 Å². The first-order valence-electron chi connectivity index (χ1n) is 10.7. The number of hydrogen-bond donors (Lipinski definition) is 1. The molecular formula is C23H24N4O3S2. The van der Waals surface area contributed by atoms with E-state index in [0.29, 0.717) is 35.2 Å². The van der Waals surface area contributed by atoms with E-state index in [0.717, 1.165) is 42.8 Å². The highest BCUT2D eigenvalue weighted by Gasteiger charge is 2.31. The molecule has 1 fully saturated rings. The second kappa shape index (κ2) is 8.65. The van der Waals surface area contributed by atoms with Crippen LogP contribution in [-0.2, 0) is 21.2 Å². The van der Waals surface area contributed by atoms with Crippen LogP contribution in [0.15, 0.2) is 58.8 Å². The summed E-state index contributed by atoms with van der Waals surface area (Å²) in [5.41, 5.74) is 3.39. The SMILES string of the molecule is O=C(CN1CCCC1)Nc1nc(-c2ccc3c(c2)CCN3S(=O)(=O)c2ccccc2)cs1. The quantitative estimate of drug-likeness (QED) is 0.598. The molecule has 3 aromatic rings. The molecule has 2 aliphatic heterocycles. The van der Waals surface area contributed by atoms with Gasteiger partial charge < -0.3 is 5.32 Å². The van der Waals surface area contributed by atoms with Crippen molar-refractivity contribution in [3.8, 4) is 11.3 Å². The fourth-order valence-corrected chi connectivity index (χ4v) is 6.53. The molecule has 3 heterocycles. The van der Waals surface area contributed by atoms with Crippen LogP contribution in [0.2, 0.25) is 0 Å². The zero-order chi connectivity index (χ0) is 22.1. The summed E-state index contributed by atoms with van der Waals surface area (Å²) in [7, 11) is -3.58. The molecule has 1 aromatic heterocycles. The van der Waals surface area contributed by atoms with E-state index in [9.17, 15) is 13.2 Å². The van der Waals surface area contributed by atoms with Crippen LogP contribution in [-0.4, -0.2) is 50.4 Å². The Morgan fingerprint density at radius 3 is 2.62 bits per heavy atom. The van der Waals surface area contributed by atoms with Crippen LogP contribution < -0.4 is 9.62 Å². The fraction of sp³-hybridized carbons (Fsp3) is 0.304. The summed E-state index contributed by atoms with van der Waals surface area (Å²) >= 11 is 1.40. The Labute approximate surface area is 191 Å². The minimum Gasteiger partial charge on any atom is -0.301 e. The Bertz CT molecular complexity index is 1240. The Morgan fingerprint density at radius 2 is 1.84 bits per heavy atom. The van der Waals surface area contributed by atoms with Crippen LogP contribution in [0.5, 0.6) is 0 Å². The van der Waals surface area contributed by atoms with Gasteiger partial charge in [0.2, 0.25) is 5.91 Å². The number of likely N-dealkylation sites (tertiary alicyclic amines) is 1. The van der Waals surface area contributed by atoms with Crippen molar-refractivity contribution in [1.29, 1.82) is 0 Å². The molecule has 9 heteroatoms. The van der Waals surface area contributed by atoms with Gasteiger partial charge >= 0.3 is 0 Å². The van der Waals surface area contributed by atoms with Crippen molar-refractivity contribution in [2.24, 2.45) is 0 Å². The van der Waals surface area contributed by atoms with Gasteiger partial charge in [0.1, 0.15) is 0 Å². The van der Waals surface area contributed by atoms with Gasteiger partial charge in [0, 0.05) is 17.5 Å². The third-order valence-corrected chi connectivity index (χ3v) is 8.46. The van der Waals surface area contributed by atoms with Gasteiger partial charge in [-0.05, 0) is 62.2 Å². The maximum absolute atomic E-state index is 13.1. The van der Waals surface area contributed by atoms with Gasteiger partial charge in [-0.2, -0.15) is 0 Å². The van der Waals surface area contributed by atoms with E-state index in [-0.39, 0.29) is 5.91 Å². The number of carbonyl (C=O) groups excluding carboxylic acids is 1. The second-order valence-corrected chi connectivity index (χ2v) is 10.8. The average Bonchev–Trinajstić information content (AvgIpc) is 3.55. The smallest absolute Gasteiger partial charge is 0.264 e. The van der Waals surface area contributed by atoms with E-state index < -0.39 is 10.0 Å². The number of benzene rings is 2. The molecule has 0 unspecified atom stereocenters. The van der Waals surface area contributed by atoms with Crippen molar-refractivity contribution in [2.45, 2.75) is 24.2 Å². The summed E-state index contributed by atoms with van der Waals surface area (Å²) < 4.78 is 27.6. The van der Waals surface area contributed by atoms with E-state index in [1.807, 2.05) is 23.6 Å². The second-order valence-electron chi connectivity index (χ2n) is 8.05. The highest BCUT2D eigenvalue weighted by molar-refractivity contribution is 7.92. The first kappa shape index (κ1) is 21.1. The van der Waals surface area contributed by atoms with Gasteiger partial charge in [0.15, 0.2) is 5.13 Å². The molecule has 0 aliphatic carbocycles. The standard InChI is InChI=1S/C23H24N4O3S2/c28-22(15-26-11-4-5-12-26)25-23-24-20(16-31-23)17-8-9-21-18(14-17)10-13-27(21)32(29,30)19-6-2-1-3-7-19/h1-3,6-9,14,16H,4-5,10-13,15H2,(H,24,25,28). The fourth-order valence-electron chi connectivity index (χ4n) is 4.27. The molecule has 0 bridgehead atoms. The van der Waals surface area contributed by atoms with Gasteiger partial charge in [-0.15, -0.1) is 11.3 Å². The van der Waals surface area contributed by atoms with E-state index in [1.165, 1.54) is 15.6 Å². The lowest BCUT2D eigenvalue weighted by molar-refractivity contribution is -0.117. The summed E-state index contributed by atoms with van der Waals surface area (Å²) in [5.74, 6) is -0.0384. The van der Waals surface area contributed by atoms with E-state index >= 15 is 0 Å². The molecule has 2 aromatic carbocycles. The Balaban J connectivity index is 1.32. The Hall–Kier alpha value is -2.75. The maximum atomic E-state index is 13.1. The lowest BCUT2D eigenvalue weighted by atomic mass is 10.1. The van der Waals surface area contributed by atoms with Crippen LogP contribution in [0.4, 0.5) is 10.8 Å². The van der Waals surface area contributed by atoms with E-state index in [4.69, 9.17) is 0 Å². The number of carbonyl (C=O) groups is 1. The molecule has 166 valence electrons. The minimum absolute atomic E-state index is 0.0384. The number of thiazole rings is 1. The number of nitrogens with zero attached hydrogens (tertiary/aromatic N) is 3. The zero-order valence-corrected chi connectivity index (χ0v) is 19.2. The molecule has 2 aliphatic rings. The van der Waals surface area contributed by atoms with Crippen LogP contribution >= 0.6 is 11.3 Å². The van der Waals surface area contributed by atoms with E-state index in [2.05, 4.69) is 15.2 Å². The molecule has 32 heavy (non-hydrogen) atoms. The first-order valence-corrected chi connectivity index (χ1v) is 13.0. The van der Waals surface area contributed by atoms with Gasteiger partial charge in [0.05, 0.1) is 22.8 Å². The number of fused-ring (bicyclic) bond motifs is 1. The number of sulfonamides is 1. The number of anilines is 2. The Kier molecular flexibility index (Phi) is 5.71. The topological polar surface area (TPSA) is 82.6 Å². The third kappa shape index (κ3) is 4.15. The summed E-state index contributed by atoms with van der Waals surface area (Å²) in [6, 6.07) is 14.3. The van der Waals surface area contributed by atoms with Gasteiger partial charge in [-0.3, -0.25) is 14.0 Å². The number of amides is 1. The number of rotatable bonds is 6.